The predicted octanol–water partition coefficient (Wildman–Crippen LogP) is 2.71. The number of amides is 1. The molecule has 0 saturated carbocycles. The molecule has 0 saturated heterocycles. The first-order chi connectivity index (χ1) is 8.97. The first-order valence-corrected chi connectivity index (χ1v) is 6.38. The summed E-state index contributed by atoms with van der Waals surface area (Å²) in [6, 6.07) is 7.10. The number of hydrogen-bond donors (Lipinski definition) is 2. The van der Waals surface area contributed by atoms with Gasteiger partial charge in [0.05, 0.1) is 5.69 Å². The highest BCUT2D eigenvalue weighted by Crippen LogP contribution is 2.22. The van der Waals surface area contributed by atoms with Crippen molar-refractivity contribution >= 4 is 28.3 Å². The van der Waals surface area contributed by atoms with Crippen molar-refractivity contribution in [3.8, 4) is 0 Å². The average molecular weight is 276 g/mol. The van der Waals surface area contributed by atoms with E-state index in [1.165, 1.54) is 0 Å². The zero-order valence-corrected chi connectivity index (χ0v) is 11.2. The van der Waals surface area contributed by atoms with Gasteiger partial charge in [-0.2, -0.15) is 0 Å². The molecule has 0 atom stereocenters. The van der Waals surface area contributed by atoms with Gasteiger partial charge in [-0.1, -0.05) is 29.0 Å². The normalized spacial score (nSPS) is 10.2. The molecule has 0 aliphatic carbocycles. The summed E-state index contributed by atoms with van der Waals surface area (Å²) in [5, 5.41) is 11.8. The van der Waals surface area contributed by atoms with Crippen molar-refractivity contribution in [3.05, 3.63) is 46.0 Å². The summed E-state index contributed by atoms with van der Waals surface area (Å²) >= 11 is 0.951. The van der Waals surface area contributed by atoms with Gasteiger partial charge in [0.2, 0.25) is 0 Å². The number of aromatic nitrogens is 1. The van der Waals surface area contributed by atoms with Crippen LogP contribution in [0.5, 0.6) is 0 Å². The van der Waals surface area contributed by atoms with Gasteiger partial charge < -0.3 is 5.11 Å². The van der Waals surface area contributed by atoms with Crippen LogP contribution in [0.15, 0.2) is 24.3 Å². The highest BCUT2D eigenvalue weighted by Gasteiger charge is 2.15. The van der Waals surface area contributed by atoms with Crippen LogP contribution in [-0.4, -0.2) is 22.0 Å². The number of carbonyl (C=O) groups is 2. The number of carboxylic acid groups (broad SMARTS) is 1. The minimum absolute atomic E-state index is 0.138. The topological polar surface area (TPSA) is 79.3 Å². The predicted molar refractivity (Wildman–Crippen MR) is 72.9 cm³/mol. The molecule has 0 bridgehead atoms. The smallest absolute Gasteiger partial charge is 0.347 e. The molecule has 0 radical (unpaired) electrons. The van der Waals surface area contributed by atoms with Gasteiger partial charge in [0.15, 0.2) is 5.13 Å². The van der Waals surface area contributed by atoms with E-state index in [4.69, 9.17) is 5.11 Å². The Morgan fingerprint density at radius 1 is 1.21 bits per heavy atom. The zero-order chi connectivity index (χ0) is 14.0. The maximum atomic E-state index is 11.9. The molecule has 1 heterocycles. The lowest BCUT2D eigenvalue weighted by Crippen LogP contribution is -2.11. The third-order valence-electron chi connectivity index (χ3n) is 2.53. The molecule has 0 fully saturated rings. The fourth-order valence-electron chi connectivity index (χ4n) is 1.52. The number of carbonyl (C=O) groups excluding carboxylic acids is 1. The quantitative estimate of drug-likeness (QED) is 0.903. The molecule has 0 aliphatic heterocycles. The Hall–Kier alpha value is -2.21. The fourth-order valence-corrected chi connectivity index (χ4v) is 2.32. The second-order valence-electron chi connectivity index (χ2n) is 4.06. The Morgan fingerprint density at radius 2 is 1.84 bits per heavy atom. The molecule has 0 unspecified atom stereocenters. The van der Waals surface area contributed by atoms with Gasteiger partial charge in [-0.3, -0.25) is 10.1 Å². The van der Waals surface area contributed by atoms with Crippen molar-refractivity contribution in [1.29, 1.82) is 0 Å². The van der Waals surface area contributed by atoms with E-state index in [0.717, 1.165) is 16.9 Å². The van der Waals surface area contributed by atoms with E-state index in [0.29, 0.717) is 16.4 Å². The highest BCUT2D eigenvalue weighted by atomic mass is 32.1. The molecule has 1 amide bonds. The van der Waals surface area contributed by atoms with E-state index >= 15 is 0 Å². The molecule has 2 N–H and O–H groups in total. The van der Waals surface area contributed by atoms with E-state index in [-0.39, 0.29) is 10.8 Å². The Bertz CT molecular complexity index is 632. The molecular formula is C13H12N2O3S. The van der Waals surface area contributed by atoms with Crippen molar-refractivity contribution in [3.63, 3.8) is 0 Å². The van der Waals surface area contributed by atoms with Crippen LogP contribution in [0.3, 0.4) is 0 Å². The summed E-state index contributed by atoms with van der Waals surface area (Å²) < 4.78 is 0. The van der Waals surface area contributed by atoms with Crippen LogP contribution in [0.25, 0.3) is 0 Å². The number of aryl methyl sites for hydroxylation is 2. The molecule has 2 aromatic rings. The molecule has 2 rings (SSSR count). The number of nitrogens with one attached hydrogen (secondary N) is 1. The Kier molecular flexibility index (Phi) is 3.62. The van der Waals surface area contributed by atoms with Gasteiger partial charge in [-0.15, -0.1) is 0 Å². The van der Waals surface area contributed by atoms with Crippen molar-refractivity contribution in [2.75, 3.05) is 5.32 Å². The third kappa shape index (κ3) is 2.97. The second-order valence-corrected chi connectivity index (χ2v) is 5.06. The zero-order valence-electron chi connectivity index (χ0n) is 10.4. The van der Waals surface area contributed by atoms with Gasteiger partial charge in [-0.25, -0.2) is 9.78 Å². The summed E-state index contributed by atoms with van der Waals surface area (Å²) in [5.41, 5.74) is 1.97. The number of rotatable bonds is 3. The van der Waals surface area contributed by atoms with Crippen molar-refractivity contribution in [2.45, 2.75) is 13.8 Å². The number of carboxylic acids is 1. The van der Waals surface area contributed by atoms with E-state index < -0.39 is 5.97 Å². The van der Waals surface area contributed by atoms with E-state index in [1.807, 2.05) is 19.1 Å². The summed E-state index contributed by atoms with van der Waals surface area (Å²) in [5.74, 6) is -1.34. The number of aromatic carboxylic acids is 1. The van der Waals surface area contributed by atoms with E-state index in [2.05, 4.69) is 10.3 Å². The lowest BCUT2D eigenvalue weighted by molar-refractivity contribution is 0.0701. The standard InChI is InChI=1S/C13H12N2O3S/c1-7-3-5-9(6-4-7)11(16)15-13-14-8(2)10(19-13)12(17)18/h3-6H,1-2H3,(H,17,18)(H,14,15,16). The van der Waals surface area contributed by atoms with Gasteiger partial charge >= 0.3 is 5.97 Å². The van der Waals surface area contributed by atoms with Gasteiger partial charge in [0.25, 0.3) is 5.91 Å². The number of thiazole rings is 1. The van der Waals surface area contributed by atoms with Crippen LogP contribution in [0.1, 0.15) is 31.3 Å². The second kappa shape index (κ2) is 5.19. The minimum atomic E-state index is -1.04. The lowest BCUT2D eigenvalue weighted by Gasteiger charge is -2.01. The monoisotopic (exact) mass is 276 g/mol. The van der Waals surface area contributed by atoms with Crippen LogP contribution >= 0.6 is 11.3 Å². The molecule has 0 spiro atoms. The van der Waals surface area contributed by atoms with Crippen LogP contribution in [0.4, 0.5) is 5.13 Å². The van der Waals surface area contributed by atoms with Crippen LogP contribution < -0.4 is 5.32 Å². The summed E-state index contributed by atoms with van der Waals surface area (Å²) in [6.07, 6.45) is 0. The van der Waals surface area contributed by atoms with Gasteiger partial charge in [-0.05, 0) is 26.0 Å². The Balaban J connectivity index is 2.17. The first kappa shape index (κ1) is 13.2. The lowest BCUT2D eigenvalue weighted by atomic mass is 10.1. The molecule has 6 heteroatoms. The summed E-state index contributed by atoms with van der Waals surface area (Å²) in [6.45, 7) is 3.53. The average Bonchev–Trinajstić information content (AvgIpc) is 2.71. The minimum Gasteiger partial charge on any atom is -0.477 e. The van der Waals surface area contributed by atoms with Crippen LogP contribution in [-0.2, 0) is 0 Å². The SMILES string of the molecule is Cc1ccc(C(=O)Nc2nc(C)c(C(=O)O)s2)cc1. The van der Waals surface area contributed by atoms with E-state index in [9.17, 15) is 9.59 Å². The highest BCUT2D eigenvalue weighted by molar-refractivity contribution is 7.17. The fraction of sp³-hybridized carbons (Fsp3) is 0.154. The maximum Gasteiger partial charge on any atom is 0.347 e. The largest absolute Gasteiger partial charge is 0.477 e. The van der Waals surface area contributed by atoms with Gasteiger partial charge in [0.1, 0.15) is 4.88 Å². The third-order valence-corrected chi connectivity index (χ3v) is 3.59. The number of hydrogen-bond acceptors (Lipinski definition) is 4. The summed E-state index contributed by atoms with van der Waals surface area (Å²) in [7, 11) is 0. The number of nitrogens with zero attached hydrogens (tertiary/aromatic N) is 1. The van der Waals surface area contributed by atoms with Gasteiger partial charge in [0, 0.05) is 5.56 Å². The van der Waals surface area contributed by atoms with Crippen LogP contribution in [0, 0.1) is 13.8 Å². The number of benzene rings is 1. The Labute approximate surface area is 113 Å². The summed E-state index contributed by atoms with van der Waals surface area (Å²) in [4.78, 5) is 27.0. The molecular weight excluding hydrogens is 264 g/mol. The van der Waals surface area contributed by atoms with Crippen molar-refractivity contribution in [2.24, 2.45) is 0 Å². The first-order valence-electron chi connectivity index (χ1n) is 5.56. The number of anilines is 1. The van der Waals surface area contributed by atoms with Crippen molar-refractivity contribution < 1.29 is 14.7 Å². The molecule has 19 heavy (non-hydrogen) atoms. The van der Waals surface area contributed by atoms with Crippen molar-refractivity contribution in [1.82, 2.24) is 4.98 Å². The molecule has 98 valence electrons. The molecule has 5 nitrogen and oxygen atoms in total. The molecule has 1 aromatic heterocycles. The maximum absolute atomic E-state index is 11.9. The van der Waals surface area contributed by atoms with Crippen LogP contribution in [0.2, 0.25) is 0 Å². The Morgan fingerprint density at radius 3 is 2.37 bits per heavy atom. The molecule has 0 aliphatic rings. The van der Waals surface area contributed by atoms with E-state index in [1.54, 1.807) is 19.1 Å². The molecule has 1 aromatic carbocycles.